The number of piperazine rings is 1. The molecule has 2 aromatic rings. The molecule has 2 aromatic heterocycles. The molecule has 148 valence electrons. The lowest BCUT2D eigenvalue weighted by Gasteiger charge is -2.41. The van der Waals surface area contributed by atoms with Gasteiger partial charge in [0.1, 0.15) is 11.7 Å². The highest BCUT2D eigenvalue weighted by atomic mass is 19.3. The second-order valence-corrected chi connectivity index (χ2v) is 7.82. The number of alkyl halides is 2. The van der Waals surface area contributed by atoms with Gasteiger partial charge in [0.25, 0.3) is 5.92 Å². The summed E-state index contributed by atoms with van der Waals surface area (Å²) in [4.78, 5) is 25.2. The van der Waals surface area contributed by atoms with Crippen LogP contribution in [0, 0.1) is 5.92 Å². The third-order valence-electron chi connectivity index (χ3n) is 5.79. The summed E-state index contributed by atoms with van der Waals surface area (Å²) in [6.07, 6.45) is 6.59. The summed E-state index contributed by atoms with van der Waals surface area (Å²) in [5, 5.41) is 7.23. The molecule has 2 aliphatic heterocycles. The lowest BCUT2D eigenvalue weighted by molar-refractivity contribution is -0.138. The summed E-state index contributed by atoms with van der Waals surface area (Å²) in [5.74, 6) is -3.07. The van der Waals surface area contributed by atoms with Crippen LogP contribution in [0.2, 0.25) is 0 Å². The maximum atomic E-state index is 13.4. The molecule has 5 rings (SSSR count). The number of aromatic nitrogens is 4. The summed E-state index contributed by atoms with van der Waals surface area (Å²) in [6, 6.07) is 1.76. The Morgan fingerprint density at radius 3 is 2.61 bits per heavy atom. The first-order valence-electron chi connectivity index (χ1n) is 9.44. The van der Waals surface area contributed by atoms with Gasteiger partial charge in [-0.05, 0) is 18.9 Å². The molecule has 2 saturated heterocycles. The van der Waals surface area contributed by atoms with E-state index in [1.807, 2.05) is 19.3 Å². The van der Waals surface area contributed by atoms with E-state index in [9.17, 15) is 13.6 Å². The van der Waals surface area contributed by atoms with Crippen LogP contribution in [0.5, 0.6) is 0 Å². The fraction of sp³-hybridized carbons (Fsp3) is 0.556. The Labute approximate surface area is 160 Å². The molecule has 1 saturated carbocycles. The van der Waals surface area contributed by atoms with Crippen molar-refractivity contribution < 1.29 is 13.6 Å². The van der Waals surface area contributed by atoms with Gasteiger partial charge in [-0.3, -0.25) is 9.48 Å². The van der Waals surface area contributed by atoms with Gasteiger partial charge in [-0.1, -0.05) is 0 Å². The zero-order valence-corrected chi connectivity index (χ0v) is 15.4. The molecule has 2 bridgehead atoms. The Kier molecular flexibility index (Phi) is 3.78. The summed E-state index contributed by atoms with van der Waals surface area (Å²) in [7, 11) is 1.83. The normalized spacial score (nSPS) is 27.8. The van der Waals surface area contributed by atoms with Crippen molar-refractivity contribution in [3.05, 3.63) is 24.7 Å². The largest absolute Gasteiger partial charge is 0.352 e. The van der Waals surface area contributed by atoms with E-state index in [2.05, 4.69) is 25.3 Å². The van der Waals surface area contributed by atoms with E-state index < -0.39 is 11.8 Å². The van der Waals surface area contributed by atoms with Crippen molar-refractivity contribution in [3.8, 4) is 0 Å². The molecular weight excluding hydrogens is 368 g/mol. The van der Waals surface area contributed by atoms with E-state index >= 15 is 0 Å². The third kappa shape index (κ3) is 2.96. The minimum atomic E-state index is -2.81. The summed E-state index contributed by atoms with van der Waals surface area (Å²) >= 11 is 0. The van der Waals surface area contributed by atoms with Gasteiger partial charge in [-0.25, -0.2) is 13.8 Å². The SMILES string of the molecule is Cn1cc(Nc2nccc(N3C[C@@H]4CC[C@@H](C3)N4C(=O)[C@@H]3CC3(F)F)n2)cn1. The molecule has 4 heterocycles. The maximum absolute atomic E-state index is 13.4. The third-order valence-corrected chi connectivity index (χ3v) is 5.79. The van der Waals surface area contributed by atoms with Crippen molar-refractivity contribution >= 4 is 23.4 Å². The highest BCUT2D eigenvalue weighted by Crippen LogP contribution is 2.51. The number of rotatable bonds is 4. The quantitative estimate of drug-likeness (QED) is 0.859. The van der Waals surface area contributed by atoms with Crippen LogP contribution in [-0.2, 0) is 11.8 Å². The van der Waals surface area contributed by atoms with Crippen molar-refractivity contribution in [2.45, 2.75) is 37.3 Å². The number of anilines is 3. The molecule has 0 spiro atoms. The molecular formula is C18H21F2N7O. The molecule has 1 N–H and O–H groups in total. The topological polar surface area (TPSA) is 79.2 Å². The minimum Gasteiger partial charge on any atom is -0.352 e. The molecule has 8 nitrogen and oxygen atoms in total. The molecule has 3 aliphatic rings. The van der Waals surface area contributed by atoms with E-state index in [1.54, 1.807) is 22.0 Å². The van der Waals surface area contributed by atoms with Crippen molar-refractivity contribution in [1.29, 1.82) is 0 Å². The van der Waals surface area contributed by atoms with Crippen molar-refractivity contribution in [3.63, 3.8) is 0 Å². The first-order chi connectivity index (χ1) is 13.4. The second kappa shape index (κ2) is 6.11. The van der Waals surface area contributed by atoms with Gasteiger partial charge >= 0.3 is 0 Å². The molecule has 3 atom stereocenters. The molecule has 0 unspecified atom stereocenters. The monoisotopic (exact) mass is 389 g/mol. The van der Waals surface area contributed by atoms with Gasteiger partial charge in [0.2, 0.25) is 11.9 Å². The number of hydrogen-bond acceptors (Lipinski definition) is 6. The van der Waals surface area contributed by atoms with Gasteiger partial charge < -0.3 is 15.1 Å². The van der Waals surface area contributed by atoms with Crippen LogP contribution in [0.1, 0.15) is 19.3 Å². The Morgan fingerprint density at radius 2 is 2.00 bits per heavy atom. The summed E-state index contributed by atoms with van der Waals surface area (Å²) < 4.78 is 28.4. The average molecular weight is 389 g/mol. The van der Waals surface area contributed by atoms with Gasteiger partial charge in [0, 0.05) is 51.0 Å². The van der Waals surface area contributed by atoms with Crippen LogP contribution < -0.4 is 10.2 Å². The second-order valence-electron chi connectivity index (χ2n) is 7.82. The van der Waals surface area contributed by atoms with Crippen LogP contribution in [0.15, 0.2) is 24.7 Å². The lowest BCUT2D eigenvalue weighted by Crippen LogP contribution is -2.56. The van der Waals surface area contributed by atoms with E-state index in [0.29, 0.717) is 19.0 Å². The van der Waals surface area contributed by atoms with E-state index in [0.717, 1.165) is 24.3 Å². The molecule has 0 radical (unpaired) electrons. The van der Waals surface area contributed by atoms with Crippen LogP contribution in [-0.4, -0.2) is 61.7 Å². The maximum Gasteiger partial charge on any atom is 0.260 e. The van der Waals surface area contributed by atoms with E-state index in [-0.39, 0.29) is 24.4 Å². The van der Waals surface area contributed by atoms with Crippen molar-refractivity contribution in [1.82, 2.24) is 24.6 Å². The van der Waals surface area contributed by atoms with Gasteiger partial charge in [-0.15, -0.1) is 0 Å². The van der Waals surface area contributed by atoms with E-state index in [1.165, 1.54) is 0 Å². The van der Waals surface area contributed by atoms with Crippen molar-refractivity contribution in [2.75, 3.05) is 23.3 Å². The minimum absolute atomic E-state index is 0.0349. The van der Waals surface area contributed by atoms with Crippen LogP contribution >= 0.6 is 0 Å². The standard InChI is InChI=1S/C18H21F2N7O/c1-25-8-11(7-22-25)23-17-21-5-4-15(24-17)26-9-12-2-3-13(10-26)27(12)16(28)14-6-18(14,19)20/h4-5,7-8,12-14H,2-3,6,9-10H2,1H3,(H,21,23,24)/t12-,13-,14-/m0/s1. The number of hydrogen-bond donors (Lipinski definition) is 1. The summed E-state index contributed by atoms with van der Waals surface area (Å²) in [6.45, 7) is 1.20. The van der Waals surface area contributed by atoms with Gasteiger partial charge in [0.05, 0.1) is 11.9 Å². The number of fused-ring (bicyclic) bond motifs is 2. The molecule has 1 amide bonds. The highest BCUT2D eigenvalue weighted by Gasteiger charge is 2.64. The smallest absolute Gasteiger partial charge is 0.260 e. The number of aryl methyl sites for hydroxylation is 1. The number of nitrogens with one attached hydrogen (secondary N) is 1. The molecule has 3 fully saturated rings. The van der Waals surface area contributed by atoms with Gasteiger partial charge in [0.15, 0.2) is 0 Å². The fourth-order valence-corrected chi connectivity index (χ4v) is 4.31. The number of amides is 1. The Balaban J connectivity index is 1.30. The number of carbonyl (C=O) groups excluding carboxylic acids is 1. The average Bonchev–Trinajstić information content (AvgIpc) is 2.96. The van der Waals surface area contributed by atoms with Gasteiger partial charge in [-0.2, -0.15) is 10.1 Å². The molecule has 0 aromatic carbocycles. The predicted molar refractivity (Wildman–Crippen MR) is 97.4 cm³/mol. The Bertz CT molecular complexity index is 903. The first-order valence-corrected chi connectivity index (χ1v) is 9.44. The number of nitrogens with zero attached hydrogens (tertiary/aromatic N) is 6. The Hall–Kier alpha value is -2.78. The lowest BCUT2D eigenvalue weighted by atomic mass is 10.1. The molecule has 28 heavy (non-hydrogen) atoms. The predicted octanol–water partition coefficient (Wildman–Crippen LogP) is 1.79. The molecule has 1 aliphatic carbocycles. The summed E-state index contributed by atoms with van der Waals surface area (Å²) in [5.41, 5.74) is 0.792. The van der Waals surface area contributed by atoms with Crippen LogP contribution in [0.25, 0.3) is 0 Å². The first kappa shape index (κ1) is 17.3. The molecule has 10 heteroatoms. The van der Waals surface area contributed by atoms with E-state index in [4.69, 9.17) is 0 Å². The van der Waals surface area contributed by atoms with Crippen LogP contribution in [0.4, 0.5) is 26.2 Å². The zero-order valence-electron chi connectivity index (χ0n) is 15.4. The number of carbonyl (C=O) groups is 1. The van der Waals surface area contributed by atoms with Crippen molar-refractivity contribution in [2.24, 2.45) is 13.0 Å². The zero-order chi connectivity index (χ0) is 19.5. The van der Waals surface area contributed by atoms with Crippen LogP contribution in [0.3, 0.4) is 0 Å². The number of halogens is 2. The highest BCUT2D eigenvalue weighted by molar-refractivity contribution is 5.84. The fourth-order valence-electron chi connectivity index (χ4n) is 4.31. The Morgan fingerprint density at radius 1 is 1.29 bits per heavy atom.